The Bertz CT molecular complexity index is 2120. The van der Waals surface area contributed by atoms with Crippen LogP contribution in [0.2, 0.25) is 0 Å². The third-order valence-corrected chi connectivity index (χ3v) is 12.7. The fourth-order valence-electron chi connectivity index (χ4n) is 8.61. The van der Waals surface area contributed by atoms with Crippen molar-refractivity contribution in [3.63, 3.8) is 0 Å². The average Bonchev–Trinajstić information content (AvgIpc) is 0.877. The van der Waals surface area contributed by atoms with Crippen LogP contribution < -0.4 is 10.6 Å². The highest BCUT2D eigenvalue weighted by molar-refractivity contribution is 5.84. The Morgan fingerprint density at radius 1 is 0.283 bits per heavy atom. The number of nitrogens with zero attached hydrogens (tertiary/aromatic N) is 1. The summed E-state index contributed by atoms with van der Waals surface area (Å²) in [7, 11) is 1.87. The van der Waals surface area contributed by atoms with Gasteiger partial charge in [0.1, 0.15) is 29.2 Å². The summed E-state index contributed by atoms with van der Waals surface area (Å²) in [5, 5.41) is 15.5. The number of amides is 3. The highest BCUT2D eigenvalue weighted by Crippen LogP contribution is 2.31. The molecule has 0 aliphatic rings. The number of ketones is 5. The number of nitrogens with one attached hydrogen (secondary N) is 2. The Kier molecular flexibility index (Phi) is 49.4. The third-order valence-electron chi connectivity index (χ3n) is 12.7. The first-order valence-electron chi connectivity index (χ1n) is 37.3. The fraction of sp³-hybridized carbons (Fsp3) is 0.908. The van der Waals surface area contributed by atoms with Gasteiger partial charge >= 0.3 is 0 Å². The van der Waals surface area contributed by atoms with E-state index in [1.165, 1.54) is 0 Å². The van der Waals surface area contributed by atoms with E-state index < -0.39 is 6.10 Å². The van der Waals surface area contributed by atoms with Gasteiger partial charge in [-0.05, 0) is 76.8 Å². The molecule has 99 heavy (non-hydrogen) atoms. The van der Waals surface area contributed by atoms with Crippen molar-refractivity contribution in [2.45, 2.75) is 403 Å². The monoisotopic (exact) mass is 1410 g/mol. The van der Waals surface area contributed by atoms with E-state index in [0.29, 0.717) is 74.5 Å². The van der Waals surface area contributed by atoms with Gasteiger partial charge < -0.3 is 20.6 Å². The SMILES string of the molecule is CC(C)(C)CC(=O)C(O)C(C)(C)C.CC(C)(C)CC(=O)CC(C)(C)C.CC(C)(C)CC(=O)CC(C)(C)C.CC(C)(C)CC(=O)CC(C)(C)C.CC(C)(C)CCC(=O)CC(C)(C)C.CC(C)(C)CNC(=O)C(C)(C)C.CC(C)(C)CNC(=O)C(C)(C)C.CN(CC(C)(C)C)C(=O)C(C)(C)C. The van der Waals surface area contributed by atoms with Gasteiger partial charge in [0.05, 0.1) is 0 Å². The van der Waals surface area contributed by atoms with Gasteiger partial charge in [-0.1, -0.05) is 332 Å². The molecular weight excluding hydrogens is 1230 g/mol. The van der Waals surface area contributed by atoms with Crippen molar-refractivity contribution in [1.29, 1.82) is 0 Å². The maximum atomic E-state index is 11.8. The van der Waals surface area contributed by atoms with Crippen LogP contribution in [-0.2, 0) is 38.4 Å². The zero-order valence-corrected chi connectivity index (χ0v) is 75.9. The lowest BCUT2D eigenvalue weighted by atomic mass is 9.81. The molecule has 0 radical (unpaired) electrons. The molecule has 3 N–H and O–H groups in total. The summed E-state index contributed by atoms with van der Waals surface area (Å²) < 4.78 is 0. The molecule has 0 saturated carbocycles. The standard InChI is InChI=1S/C12H24O.C11H23NO.C11H22O2.3C11H22O.2C10H21NO/c1-11(2,3)8-7-10(13)9-12(4,5)6;1-10(2,3)8-12(7)9(13)11(4,5)6;1-10(2,3)7-8(12)9(13)11(4,5)6;3*1-10(2,3)7-9(12)8-11(4,5)6;2*1-9(2,3)7-11-8(12)10(4,5)6/h7-9H2,1-6H3;8H2,1-7H3;9,13H,7H2,1-6H3;3*7-8H2,1-6H3;2*7H2,1-6H3,(H,11,12). The Morgan fingerprint density at radius 3 is 0.646 bits per heavy atom. The van der Waals surface area contributed by atoms with E-state index in [9.17, 15) is 43.5 Å². The van der Waals surface area contributed by atoms with E-state index in [1.807, 2.05) is 116 Å². The Labute approximate surface area is 618 Å². The Balaban J connectivity index is -0.000000159. The summed E-state index contributed by atoms with van der Waals surface area (Å²) in [5.74, 6) is 1.96. The molecule has 1 atom stereocenters. The largest absolute Gasteiger partial charge is 0.385 e. The minimum Gasteiger partial charge on any atom is -0.385 e. The molecule has 1 unspecified atom stereocenters. The molecule has 0 aromatic carbocycles. The minimum absolute atomic E-state index is 0.0384. The smallest absolute Gasteiger partial charge is 0.227 e. The molecule has 0 heterocycles. The molecular formula is C87H177N3O9. The Hall–Kier alpha value is -3.28. The van der Waals surface area contributed by atoms with Gasteiger partial charge in [-0.3, -0.25) is 38.4 Å². The lowest BCUT2D eigenvalue weighted by Gasteiger charge is -2.31. The van der Waals surface area contributed by atoms with Gasteiger partial charge in [-0.2, -0.15) is 0 Å². The number of carbonyl (C=O) groups excluding carboxylic acids is 8. The maximum Gasteiger partial charge on any atom is 0.227 e. The highest BCUT2D eigenvalue weighted by atomic mass is 16.3. The molecule has 0 bridgehead atoms. The lowest BCUT2D eigenvalue weighted by Crippen LogP contribution is -2.40. The zero-order valence-electron chi connectivity index (χ0n) is 75.9. The van der Waals surface area contributed by atoms with Gasteiger partial charge in [0.25, 0.3) is 0 Å². The van der Waals surface area contributed by atoms with Crippen molar-refractivity contribution in [3.8, 4) is 0 Å². The number of hydrogen-bond acceptors (Lipinski definition) is 9. The molecule has 12 heteroatoms. The van der Waals surface area contributed by atoms with Gasteiger partial charge in [-0.25, -0.2) is 0 Å². The topological polar surface area (TPSA) is 184 Å². The van der Waals surface area contributed by atoms with Crippen LogP contribution in [0.25, 0.3) is 0 Å². The molecule has 594 valence electrons. The first-order valence-corrected chi connectivity index (χ1v) is 37.3. The van der Waals surface area contributed by atoms with Gasteiger partial charge in [0.2, 0.25) is 17.7 Å². The first-order chi connectivity index (χ1) is 42.2. The van der Waals surface area contributed by atoms with Crippen molar-refractivity contribution < 1.29 is 43.5 Å². The van der Waals surface area contributed by atoms with E-state index in [0.717, 1.165) is 32.5 Å². The van der Waals surface area contributed by atoms with Crippen molar-refractivity contribution in [2.75, 3.05) is 26.7 Å². The molecule has 0 aromatic heterocycles. The van der Waals surface area contributed by atoms with Gasteiger partial charge in [0.15, 0.2) is 5.78 Å². The van der Waals surface area contributed by atoms with Crippen LogP contribution in [0.3, 0.4) is 0 Å². The Morgan fingerprint density at radius 2 is 0.495 bits per heavy atom. The predicted octanol–water partition coefficient (Wildman–Crippen LogP) is 23.4. The quantitative estimate of drug-likeness (QED) is 0.152. The van der Waals surface area contributed by atoms with Crippen LogP contribution in [-0.4, -0.2) is 89.4 Å². The first kappa shape index (κ1) is 112. The molecule has 0 rings (SSSR count). The zero-order chi connectivity index (χ0) is 82.4. The molecule has 0 aliphatic carbocycles. The average molecular weight is 1410 g/mol. The van der Waals surface area contributed by atoms with Gasteiger partial charge in [-0.15, -0.1) is 0 Å². The number of carbonyl (C=O) groups is 8. The number of Topliss-reactive ketones (excluding diaryl/α,β-unsaturated/α-hetero) is 5. The van der Waals surface area contributed by atoms with Crippen LogP contribution >= 0.6 is 0 Å². The van der Waals surface area contributed by atoms with E-state index in [4.69, 9.17) is 0 Å². The molecule has 0 spiro atoms. The highest BCUT2D eigenvalue weighted by Gasteiger charge is 2.32. The van der Waals surface area contributed by atoms with Crippen molar-refractivity contribution in [2.24, 2.45) is 86.6 Å². The van der Waals surface area contributed by atoms with E-state index in [2.05, 4.69) is 239 Å². The van der Waals surface area contributed by atoms with E-state index in [-0.39, 0.29) is 110 Å². The summed E-state index contributed by atoms with van der Waals surface area (Å²) in [4.78, 5) is 93.9. The number of aliphatic hydroxyl groups is 1. The fourth-order valence-corrected chi connectivity index (χ4v) is 8.61. The third kappa shape index (κ3) is 96.8. The molecule has 0 saturated heterocycles. The molecule has 0 fully saturated rings. The van der Waals surface area contributed by atoms with Crippen LogP contribution in [0.4, 0.5) is 0 Å². The van der Waals surface area contributed by atoms with Crippen molar-refractivity contribution >= 4 is 46.6 Å². The normalized spacial score (nSPS) is 13.4. The van der Waals surface area contributed by atoms with Crippen LogP contribution in [0.1, 0.15) is 397 Å². The minimum atomic E-state index is -0.841. The predicted molar refractivity (Wildman–Crippen MR) is 432 cm³/mol. The summed E-state index contributed by atoms with van der Waals surface area (Å²) >= 11 is 0. The second kappa shape index (κ2) is 43.9. The van der Waals surface area contributed by atoms with Crippen molar-refractivity contribution in [1.82, 2.24) is 15.5 Å². The van der Waals surface area contributed by atoms with Crippen LogP contribution in [0.5, 0.6) is 0 Å². The van der Waals surface area contributed by atoms with Gasteiger partial charge in [0, 0.05) is 101 Å². The summed E-state index contributed by atoms with van der Waals surface area (Å²) in [6, 6.07) is 0. The summed E-state index contributed by atoms with van der Waals surface area (Å²) in [6.07, 6.45) is 6.24. The molecule has 12 nitrogen and oxygen atoms in total. The second-order valence-corrected chi connectivity index (χ2v) is 47.3. The second-order valence-electron chi connectivity index (χ2n) is 47.3. The van der Waals surface area contributed by atoms with E-state index >= 15 is 0 Å². The van der Waals surface area contributed by atoms with E-state index in [1.54, 1.807) is 0 Å². The number of rotatable bonds is 14. The lowest BCUT2D eigenvalue weighted by molar-refractivity contribution is -0.139. The molecule has 3 amide bonds. The summed E-state index contributed by atoms with van der Waals surface area (Å²) in [5.41, 5.74) is 0.599. The molecule has 0 aliphatic heterocycles. The summed E-state index contributed by atoms with van der Waals surface area (Å²) in [6.45, 7) is 101. The number of aliphatic hydroxyl groups excluding tert-OH is 1. The van der Waals surface area contributed by atoms with Crippen molar-refractivity contribution in [3.05, 3.63) is 0 Å². The van der Waals surface area contributed by atoms with Crippen LogP contribution in [0.15, 0.2) is 0 Å². The number of hydrogen-bond donors (Lipinski definition) is 3. The molecule has 0 aromatic rings. The maximum absolute atomic E-state index is 11.8. The van der Waals surface area contributed by atoms with Crippen LogP contribution in [0, 0.1) is 86.6 Å².